The van der Waals surface area contributed by atoms with E-state index in [0.717, 1.165) is 12.8 Å². The molecule has 0 aliphatic rings. The first kappa shape index (κ1) is 14.3. The molecule has 17 heavy (non-hydrogen) atoms. The lowest BCUT2D eigenvalue weighted by Crippen LogP contribution is -2.30. The Morgan fingerprint density at radius 2 is 1.82 bits per heavy atom. The van der Waals surface area contributed by atoms with Crippen molar-refractivity contribution < 1.29 is 0 Å². The molecular weight excluding hydrogens is 244 g/mol. The Labute approximate surface area is 111 Å². The Hall–Kier alpha value is -0.713. The summed E-state index contributed by atoms with van der Waals surface area (Å²) in [6.45, 7) is 7.13. The van der Waals surface area contributed by atoms with Crippen molar-refractivity contribution in [2.24, 2.45) is 0 Å². The van der Waals surface area contributed by atoms with Crippen LogP contribution in [-0.2, 0) is 0 Å². The molecule has 0 aliphatic heterocycles. The lowest BCUT2D eigenvalue weighted by molar-refractivity contribution is 0.988. The number of halogens is 1. The van der Waals surface area contributed by atoms with Crippen molar-refractivity contribution in [1.82, 2.24) is 0 Å². The number of rotatable bonds is 4. The van der Waals surface area contributed by atoms with Gasteiger partial charge in [-0.1, -0.05) is 55.9 Å². The number of benzene rings is 1. The van der Waals surface area contributed by atoms with Crippen molar-refractivity contribution in [1.29, 1.82) is 0 Å². The van der Waals surface area contributed by atoms with E-state index in [1.807, 2.05) is 0 Å². The van der Waals surface area contributed by atoms with Crippen LogP contribution in [0.5, 0.6) is 0 Å². The summed E-state index contributed by atoms with van der Waals surface area (Å²) in [5.74, 6) is 7.46. The Morgan fingerprint density at radius 1 is 1.18 bits per heavy atom. The first-order valence-corrected chi connectivity index (χ1v) is 10.3. The van der Waals surface area contributed by atoms with Gasteiger partial charge in [-0.25, -0.2) is 0 Å². The summed E-state index contributed by atoms with van der Waals surface area (Å²) in [6, 6.07) is 10.6. The smallest absolute Gasteiger partial charge is 0.0668 e. The molecule has 1 rings (SSSR count). The van der Waals surface area contributed by atoms with E-state index in [0.29, 0.717) is 11.4 Å². The minimum atomic E-state index is -1.29. The van der Waals surface area contributed by atoms with E-state index in [1.165, 1.54) is 5.56 Å². The molecule has 92 valence electrons. The zero-order valence-electron chi connectivity index (χ0n) is 11.0. The van der Waals surface area contributed by atoms with Crippen molar-refractivity contribution in [2.75, 3.05) is 5.88 Å². The van der Waals surface area contributed by atoms with Gasteiger partial charge in [-0.05, 0) is 12.0 Å². The van der Waals surface area contributed by atoms with Gasteiger partial charge in [-0.3, -0.25) is 0 Å². The Kier molecular flexibility index (Phi) is 5.81. The highest BCUT2D eigenvalue weighted by Gasteiger charge is 2.26. The lowest BCUT2D eigenvalue weighted by Gasteiger charge is -2.24. The SMILES string of the molecule is C[Si](C)(C)C(C#CCCCCl)c1ccccc1. The summed E-state index contributed by atoms with van der Waals surface area (Å²) in [5.41, 5.74) is 1.80. The average Bonchev–Trinajstić information content (AvgIpc) is 2.28. The highest BCUT2D eigenvalue weighted by Crippen LogP contribution is 2.26. The van der Waals surface area contributed by atoms with Gasteiger partial charge in [0.2, 0.25) is 0 Å². The first-order chi connectivity index (χ1) is 8.05. The van der Waals surface area contributed by atoms with E-state index in [-0.39, 0.29) is 0 Å². The van der Waals surface area contributed by atoms with E-state index >= 15 is 0 Å². The minimum Gasteiger partial charge on any atom is -0.127 e. The molecule has 0 saturated carbocycles. The van der Waals surface area contributed by atoms with Crippen LogP contribution < -0.4 is 0 Å². The molecule has 1 aromatic rings. The van der Waals surface area contributed by atoms with Crippen LogP contribution in [0.25, 0.3) is 0 Å². The van der Waals surface area contributed by atoms with Gasteiger partial charge in [-0.15, -0.1) is 17.5 Å². The van der Waals surface area contributed by atoms with Gasteiger partial charge < -0.3 is 0 Å². The highest BCUT2D eigenvalue weighted by atomic mass is 35.5. The highest BCUT2D eigenvalue weighted by molar-refractivity contribution is 6.78. The van der Waals surface area contributed by atoms with Gasteiger partial charge in [0.25, 0.3) is 0 Å². The number of hydrogen-bond donors (Lipinski definition) is 0. The molecule has 0 radical (unpaired) electrons. The molecular formula is C15H21ClSi. The molecule has 0 aliphatic carbocycles. The zero-order valence-corrected chi connectivity index (χ0v) is 12.7. The van der Waals surface area contributed by atoms with Crippen molar-refractivity contribution >= 4 is 19.7 Å². The maximum Gasteiger partial charge on any atom is 0.0668 e. The summed E-state index contributed by atoms with van der Waals surface area (Å²) in [6.07, 6.45) is 1.90. The van der Waals surface area contributed by atoms with E-state index in [2.05, 4.69) is 61.8 Å². The minimum absolute atomic E-state index is 0.430. The molecule has 0 fully saturated rings. The third kappa shape index (κ3) is 4.98. The molecule has 0 heterocycles. The third-order valence-corrected chi connectivity index (χ3v) is 5.16. The van der Waals surface area contributed by atoms with Crippen molar-refractivity contribution in [3.63, 3.8) is 0 Å². The first-order valence-electron chi connectivity index (χ1n) is 6.15. The third-order valence-electron chi connectivity index (χ3n) is 2.68. The molecule has 0 N–H and O–H groups in total. The Bertz CT molecular complexity index is 381. The van der Waals surface area contributed by atoms with Gasteiger partial charge >= 0.3 is 0 Å². The monoisotopic (exact) mass is 264 g/mol. The van der Waals surface area contributed by atoms with Crippen LogP contribution in [0.4, 0.5) is 0 Å². The van der Waals surface area contributed by atoms with Gasteiger partial charge in [-0.2, -0.15) is 0 Å². The molecule has 0 nitrogen and oxygen atoms in total. The Balaban J connectivity index is 2.85. The second-order valence-corrected chi connectivity index (χ2v) is 11.0. The van der Waals surface area contributed by atoms with E-state index in [4.69, 9.17) is 11.6 Å². The summed E-state index contributed by atoms with van der Waals surface area (Å²) >= 11 is 5.66. The van der Waals surface area contributed by atoms with Crippen molar-refractivity contribution in [2.45, 2.75) is 38.0 Å². The fourth-order valence-electron chi connectivity index (χ4n) is 1.77. The maximum atomic E-state index is 5.66. The van der Waals surface area contributed by atoms with E-state index in [1.54, 1.807) is 0 Å². The van der Waals surface area contributed by atoms with Crippen LogP contribution in [0.3, 0.4) is 0 Å². The molecule has 1 atom stereocenters. The van der Waals surface area contributed by atoms with Crippen LogP contribution in [0.1, 0.15) is 23.9 Å². The van der Waals surface area contributed by atoms with Gasteiger partial charge in [0, 0.05) is 17.8 Å². The number of unbranched alkanes of at least 4 members (excludes halogenated alkanes) is 1. The van der Waals surface area contributed by atoms with Crippen molar-refractivity contribution in [3.05, 3.63) is 35.9 Å². The van der Waals surface area contributed by atoms with Gasteiger partial charge in [0.05, 0.1) is 8.07 Å². The molecule has 1 aromatic carbocycles. The summed E-state index contributed by atoms with van der Waals surface area (Å²) < 4.78 is 0. The van der Waals surface area contributed by atoms with E-state index in [9.17, 15) is 0 Å². The quantitative estimate of drug-likeness (QED) is 0.321. The predicted octanol–water partition coefficient (Wildman–Crippen LogP) is 4.67. The van der Waals surface area contributed by atoms with Gasteiger partial charge in [0.15, 0.2) is 0 Å². The van der Waals surface area contributed by atoms with Crippen LogP contribution >= 0.6 is 11.6 Å². The van der Waals surface area contributed by atoms with Crippen LogP contribution in [0, 0.1) is 11.8 Å². The molecule has 0 bridgehead atoms. The normalized spacial score (nSPS) is 12.7. The maximum absolute atomic E-state index is 5.66. The van der Waals surface area contributed by atoms with Crippen LogP contribution in [0.15, 0.2) is 30.3 Å². The molecule has 1 unspecified atom stereocenters. The molecule has 0 saturated heterocycles. The zero-order chi connectivity index (χ0) is 12.7. The molecule has 0 amide bonds. The van der Waals surface area contributed by atoms with Crippen LogP contribution in [0.2, 0.25) is 19.6 Å². The second kappa shape index (κ2) is 6.89. The Morgan fingerprint density at radius 3 is 2.35 bits per heavy atom. The largest absolute Gasteiger partial charge is 0.127 e. The summed E-state index contributed by atoms with van der Waals surface area (Å²) in [7, 11) is -1.29. The summed E-state index contributed by atoms with van der Waals surface area (Å²) in [5, 5.41) is 0. The second-order valence-electron chi connectivity index (χ2n) is 5.32. The topological polar surface area (TPSA) is 0 Å². The van der Waals surface area contributed by atoms with Crippen molar-refractivity contribution in [3.8, 4) is 11.8 Å². The molecule has 2 heteroatoms. The predicted molar refractivity (Wildman–Crippen MR) is 80.3 cm³/mol. The summed E-state index contributed by atoms with van der Waals surface area (Å²) in [4.78, 5) is 0. The fraction of sp³-hybridized carbons (Fsp3) is 0.467. The van der Waals surface area contributed by atoms with Crippen LogP contribution in [-0.4, -0.2) is 14.0 Å². The molecule has 0 spiro atoms. The lowest BCUT2D eigenvalue weighted by atomic mass is 10.1. The fourth-order valence-corrected chi connectivity index (χ4v) is 3.64. The number of hydrogen-bond acceptors (Lipinski definition) is 0. The van der Waals surface area contributed by atoms with Gasteiger partial charge in [0.1, 0.15) is 0 Å². The van der Waals surface area contributed by atoms with E-state index < -0.39 is 8.07 Å². The molecule has 0 aromatic heterocycles. The standard InChI is InChI=1S/C15H21ClSi/c1-17(2,3)15(12-8-5-9-13-16)14-10-6-4-7-11-14/h4,6-7,10-11,15H,5,9,13H2,1-3H3. The number of alkyl halides is 1. The average molecular weight is 265 g/mol.